The van der Waals surface area contributed by atoms with Crippen LogP contribution in [0.1, 0.15) is 37.7 Å². The number of nitrogens with one attached hydrogen (secondary N) is 1. The van der Waals surface area contributed by atoms with Gasteiger partial charge in [-0.15, -0.1) is 0 Å². The largest absolute Gasteiger partial charge is 0.497 e. The van der Waals surface area contributed by atoms with E-state index in [0.717, 1.165) is 18.9 Å². The summed E-state index contributed by atoms with van der Waals surface area (Å²) in [6.45, 7) is 0.607. The summed E-state index contributed by atoms with van der Waals surface area (Å²) in [4.78, 5) is 0. The van der Waals surface area contributed by atoms with Crippen molar-refractivity contribution in [1.29, 1.82) is 0 Å². The Morgan fingerprint density at radius 3 is 2.50 bits per heavy atom. The zero-order chi connectivity index (χ0) is 14.6. The number of ether oxygens (including phenoxy) is 1. The van der Waals surface area contributed by atoms with Crippen LogP contribution in [0.5, 0.6) is 5.75 Å². The maximum Gasteiger partial charge on any atom is 0.418 e. The van der Waals surface area contributed by atoms with Crippen LogP contribution in [-0.2, 0) is 6.18 Å². The highest BCUT2D eigenvalue weighted by Gasteiger charge is 2.34. The SMILES string of the molecule is COc1ccc(NCC2CCCCC2)c(C(F)(F)F)c1. The van der Waals surface area contributed by atoms with Gasteiger partial charge in [0, 0.05) is 12.2 Å². The first-order valence-electron chi connectivity index (χ1n) is 7.00. The normalized spacial score (nSPS) is 17.0. The van der Waals surface area contributed by atoms with E-state index in [-0.39, 0.29) is 11.4 Å². The topological polar surface area (TPSA) is 21.3 Å². The summed E-state index contributed by atoms with van der Waals surface area (Å²) in [6, 6.07) is 4.05. The van der Waals surface area contributed by atoms with Gasteiger partial charge in [0.2, 0.25) is 0 Å². The molecule has 1 aliphatic carbocycles. The van der Waals surface area contributed by atoms with Gasteiger partial charge in [-0.05, 0) is 37.0 Å². The zero-order valence-corrected chi connectivity index (χ0v) is 11.6. The Hall–Kier alpha value is -1.39. The maximum atomic E-state index is 13.0. The van der Waals surface area contributed by atoms with Crippen LogP contribution < -0.4 is 10.1 Å². The van der Waals surface area contributed by atoms with E-state index in [9.17, 15) is 13.2 Å². The number of halogens is 3. The molecule has 5 heteroatoms. The molecule has 20 heavy (non-hydrogen) atoms. The van der Waals surface area contributed by atoms with Crippen molar-refractivity contribution in [2.24, 2.45) is 5.92 Å². The third-order valence-corrected chi connectivity index (χ3v) is 3.84. The molecule has 0 bridgehead atoms. The first-order chi connectivity index (χ1) is 9.50. The van der Waals surface area contributed by atoms with E-state index >= 15 is 0 Å². The van der Waals surface area contributed by atoms with Crippen LogP contribution in [0.4, 0.5) is 18.9 Å². The summed E-state index contributed by atoms with van der Waals surface area (Å²) in [5, 5.41) is 2.97. The van der Waals surface area contributed by atoms with Crippen molar-refractivity contribution in [2.45, 2.75) is 38.3 Å². The van der Waals surface area contributed by atoms with Crippen molar-refractivity contribution in [3.05, 3.63) is 23.8 Å². The average molecular weight is 287 g/mol. The van der Waals surface area contributed by atoms with E-state index in [2.05, 4.69) is 5.32 Å². The molecule has 0 aromatic heterocycles. The number of rotatable bonds is 4. The van der Waals surface area contributed by atoms with Crippen molar-refractivity contribution in [2.75, 3.05) is 19.0 Å². The van der Waals surface area contributed by atoms with Gasteiger partial charge < -0.3 is 10.1 Å². The molecule has 1 N–H and O–H groups in total. The van der Waals surface area contributed by atoms with Crippen molar-refractivity contribution < 1.29 is 17.9 Å². The highest BCUT2D eigenvalue weighted by atomic mass is 19.4. The molecular formula is C15H20F3NO. The van der Waals surface area contributed by atoms with Gasteiger partial charge in [-0.3, -0.25) is 0 Å². The van der Waals surface area contributed by atoms with Gasteiger partial charge in [0.1, 0.15) is 5.75 Å². The number of alkyl halides is 3. The van der Waals surface area contributed by atoms with Crippen molar-refractivity contribution >= 4 is 5.69 Å². The molecule has 1 aromatic carbocycles. The van der Waals surface area contributed by atoms with Crippen LogP contribution in [0, 0.1) is 5.92 Å². The molecule has 2 rings (SSSR count). The number of hydrogen-bond acceptors (Lipinski definition) is 2. The molecule has 112 valence electrons. The Balaban J connectivity index is 2.09. The third kappa shape index (κ3) is 3.81. The summed E-state index contributed by atoms with van der Waals surface area (Å²) >= 11 is 0. The first-order valence-corrected chi connectivity index (χ1v) is 7.00. The van der Waals surface area contributed by atoms with E-state index in [1.54, 1.807) is 6.07 Å². The molecule has 0 unspecified atom stereocenters. The minimum absolute atomic E-state index is 0.142. The molecular weight excluding hydrogens is 267 g/mol. The second-order valence-electron chi connectivity index (χ2n) is 5.29. The van der Waals surface area contributed by atoms with Crippen LogP contribution in [0.15, 0.2) is 18.2 Å². The van der Waals surface area contributed by atoms with Gasteiger partial charge >= 0.3 is 6.18 Å². The Bertz CT molecular complexity index is 439. The predicted molar refractivity (Wildman–Crippen MR) is 73.1 cm³/mol. The molecule has 0 atom stereocenters. The molecule has 0 radical (unpaired) electrons. The molecule has 0 saturated heterocycles. The van der Waals surface area contributed by atoms with E-state index in [1.165, 1.54) is 32.4 Å². The molecule has 1 fully saturated rings. The second-order valence-corrected chi connectivity index (χ2v) is 5.29. The lowest BCUT2D eigenvalue weighted by atomic mass is 9.89. The Labute approximate surface area is 117 Å². The fourth-order valence-electron chi connectivity index (χ4n) is 2.68. The van der Waals surface area contributed by atoms with Crippen LogP contribution in [0.25, 0.3) is 0 Å². The zero-order valence-electron chi connectivity index (χ0n) is 11.6. The molecule has 1 aliphatic rings. The average Bonchev–Trinajstić information content (AvgIpc) is 2.45. The lowest BCUT2D eigenvalue weighted by molar-refractivity contribution is -0.137. The van der Waals surface area contributed by atoms with E-state index in [0.29, 0.717) is 12.5 Å². The second kappa shape index (κ2) is 6.37. The van der Waals surface area contributed by atoms with Crippen LogP contribution in [-0.4, -0.2) is 13.7 Å². The van der Waals surface area contributed by atoms with Crippen molar-refractivity contribution in [3.8, 4) is 5.75 Å². The fraction of sp³-hybridized carbons (Fsp3) is 0.600. The lowest BCUT2D eigenvalue weighted by Crippen LogP contribution is -2.19. The lowest BCUT2D eigenvalue weighted by Gasteiger charge is -2.23. The highest BCUT2D eigenvalue weighted by Crippen LogP contribution is 2.37. The van der Waals surface area contributed by atoms with Crippen LogP contribution in [0.3, 0.4) is 0 Å². The quantitative estimate of drug-likeness (QED) is 0.866. The standard InChI is InChI=1S/C15H20F3NO/c1-20-12-7-8-14(13(9-12)15(16,17)18)19-10-11-5-3-2-4-6-11/h7-9,11,19H,2-6,10H2,1H3. The summed E-state index contributed by atoms with van der Waals surface area (Å²) in [5.41, 5.74) is -0.517. The number of anilines is 1. The molecule has 0 amide bonds. The number of hydrogen-bond donors (Lipinski definition) is 1. The number of methoxy groups -OCH3 is 1. The fourth-order valence-corrected chi connectivity index (χ4v) is 2.68. The van der Waals surface area contributed by atoms with E-state index in [4.69, 9.17) is 4.74 Å². The molecule has 2 nitrogen and oxygen atoms in total. The Morgan fingerprint density at radius 1 is 1.20 bits per heavy atom. The predicted octanol–water partition coefficient (Wildman–Crippen LogP) is 4.71. The molecule has 0 heterocycles. The summed E-state index contributed by atoms with van der Waals surface area (Å²) in [5.74, 6) is 0.701. The van der Waals surface area contributed by atoms with Gasteiger partial charge in [0.25, 0.3) is 0 Å². The van der Waals surface area contributed by atoms with E-state index < -0.39 is 11.7 Å². The monoisotopic (exact) mass is 287 g/mol. The van der Waals surface area contributed by atoms with Crippen molar-refractivity contribution in [3.63, 3.8) is 0 Å². The minimum atomic E-state index is -4.37. The Morgan fingerprint density at radius 2 is 1.90 bits per heavy atom. The van der Waals surface area contributed by atoms with Crippen LogP contribution >= 0.6 is 0 Å². The van der Waals surface area contributed by atoms with E-state index in [1.807, 2.05) is 0 Å². The summed E-state index contributed by atoms with van der Waals surface area (Å²) < 4.78 is 44.0. The summed E-state index contributed by atoms with van der Waals surface area (Å²) in [7, 11) is 1.37. The first kappa shape index (κ1) is 15.0. The summed E-state index contributed by atoms with van der Waals surface area (Å²) in [6.07, 6.45) is 1.44. The molecule has 0 aliphatic heterocycles. The van der Waals surface area contributed by atoms with Gasteiger partial charge in [0.05, 0.1) is 12.7 Å². The van der Waals surface area contributed by atoms with Gasteiger partial charge in [-0.1, -0.05) is 19.3 Å². The molecule has 1 saturated carbocycles. The number of benzene rings is 1. The van der Waals surface area contributed by atoms with Crippen molar-refractivity contribution in [1.82, 2.24) is 0 Å². The molecule has 0 spiro atoms. The third-order valence-electron chi connectivity index (χ3n) is 3.84. The highest BCUT2D eigenvalue weighted by molar-refractivity contribution is 5.55. The maximum absolute atomic E-state index is 13.0. The van der Waals surface area contributed by atoms with Gasteiger partial charge in [-0.2, -0.15) is 13.2 Å². The van der Waals surface area contributed by atoms with Crippen LogP contribution in [0.2, 0.25) is 0 Å². The Kier molecular flexibility index (Phi) is 4.78. The minimum Gasteiger partial charge on any atom is -0.497 e. The van der Waals surface area contributed by atoms with Gasteiger partial charge in [0.15, 0.2) is 0 Å². The van der Waals surface area contributed by atoms with Gasteiger partial charge in [-0.25, -0.2) is 0 Å². The smallest absolute Gasteiger partial charge is 0.418 e. The molecule has 1 aromatic rings.